The molecule has 0 N–H and O–H groups in total. The minimum atomic E-state index is -0.677. The van der Waals surface area contributed by atoms with Crippen molar-refractivity contribution in [1.29, 1.82) is 0 Å². The molecule has 5 aromatic carbocycles. The van der Waals surface area contributed by atoms with Crippen molar-refractivity contribution in [1.82, 2.24) is 4.57 Å². The van der Waals surface area contributed by atoms with Crippen LogP contribution in [0.4, 0.5) is 5.69 Å². The second-order valence-electron chi connectivity index (χ2n) is 11.7. The monoisotopic (exact) mass is 665 g/mol. The topological polar surface area (TPSA) is 113 Å². The molecular weight excluding hydrogens is 639 g/mol. The summed E-state index contributed by atoms with van der Waals surface area (Å²) in [4.78, 5) is 44.1. The van der Waals surface area contributed by atoms with E-state index in [0.717, 1.165) is 46.0 Å². The fourth-order valence-electron chi connectivity index (χ4n) is 6.71. The average molecular weight is 666 g/mol. The zero-order valence-electron chi connectivity index (χ0n) is 26.2. The van der Waals surface area contributed by atoms with Crippen LogP contribution in [-0.2, 0) is 6.42 Å². The number of nitrogens with zero attached hydrogens (tertiary/aromatic N) is 3. The van der Waals surface area contributed by atoms with Crippen molar-refractivity contribution >= 4 is 45.5 Å². The van der Waals surface area contributed by atoms with Gasteiger partial charge in [-0.2, -0.15) is 0 Å². The molecule has 0 unspecified atom stereocenters. The molecule has 9 nitrogen and oxygen atoms in total. The number of esters is 1. The zero-order chi connectivity index (χ0) is 33.6. The molecule has 0 amide bonds. The Morgan fingerprint density at radius 1 is 0.918 bits per heavy atom. The lowest BCUT2D eigenvalue weighted by Crippen LogP contribution is -2.39. The maximum Gasteiger partial charge on any atom is 0.343 e. The molecule has 49 heavy (non-hydrogen) atoms. The van der Waals surface area contributed by atoms with Gasteiger partial charge in [0.15, 0.2) is 4.80 Å². The number of aryl methyl sites for hydroxylation is 1. The Hall–Kier alpha value is -6.13. The lowest BCUT2D eigenvalue weighted by Gasteiger charge is -2.31. The first-order chi connectivity index (χ1) is 23.9. The molecule has 0 radical (unpaired) electrons. The van der Waals surface area contributed by atoms with E-state index in [2.05, 4.69) is 12.1 Å². The molecule has 1 aliphatic carbocycles. The highest BCUT2D eigenvalue weighted by molar-refractivity contribution is 7.07. The van der Waals surface area contributed by atoms with Gasteiger partial charge in [0.25, 0.3) is 11.2 Å². The summed E-state index contributed by atoms with van der Waals surface area (Å²) in [6, 6.07) is 32.0. The molecule has 1 aromatic heterocycles. The van der Waals surface area contributed by atoms with Gasteiger partial charge in [-0.25, -0.2) is 9.79 Å². The summed E-state index contributed by atoms with van der Waals surface area (Å²) in [7, 11) is 1.63. The van der Waals surface area contributed by atoms with Crippen LogP contribution in [0.25, 0.3) is 22.5 Å². The number of carbonyl (C=O) groups excluding carboxylic acids is 1. The molecule has 6 aromatic rings. The molecule has 2 heterocycles. The number of hydrogen-bond donors (Lipinski definition) is 0. The Morgan fingerprint density at radius 3 is 2.49 bits per heavy atom. The van der Waals surface area contributed by atoms with E-state index in [0.29, 0.717) is 20.6 Å². The van der Waals surface area contributed by atoms with E-state index >= 15 is 0 Å². The number of non-ortho nitro benzene ring substituents is 1. The Kier molecular flexibility index (Phi) is 7.49. The number of fused-ring (bicyclic) bond motifs is 4. The first-order valence-electron chi connectivity index (χ1n) is 15.7. The number of nitro groups is 1. The van der Waals surface area contributed by atoms with Crippen LogP contribution in [0.1, 0.15) is 45.1 Å². The molecule has 8 rings (SSSR count). The van der Waals surface area contributed by atoms with E-state index in [1.54, 1.807) is 23.8 Å². The van der Waals surface area contributed by atoms with Gasteiger partial charge >= 0.3 is 5.97 Å². The summed E-state index contributed by atoms with van der Waals surface area (Å²) in [5, 5.41) is 12.8. The second-order valence-corrected chi connectivity index (χ2v) is 12.8. The molecular formula is C39H27N3O6S. The SMILES string of the molecule is COc1ccccc1[C@H]1C2=C(N=c3s/c(=C/c4c(OC(=O)c5ccc([N+](=O)[O-])cc5)ccc5ccccc45)c(=O)n31)c1ccccc1CC2. The van der Waals surface area contributed by atoms with E-state index < -0.39 is 16.9 Å². The number of ether oxygens (including phenoxy) is 2. The van der Waals surface area contributed by atoms with Gasteiger partial charge in [-0.3, -0.25) is 19.5 Å². The van der Waals surface area contributed by atoms with Crippen molar-refractivity contribution < 1.29 is 19.2 Å². The van der Waals surface area contributed by atoms with Crippen LogP contribution in [0, 0.1) is 10.1 Å². The summed E-state index contributed by atoms with van der Waals surface area (Å²) in [6.45, 7) is 0. The first-order valence-corrected chi connectivity index (χ1v) is 16.5. The van der Waals surface area contributed by atoms with Crippen LogP contribution in [0.2, 0.25) is 0 Å². The molecule has 0 saturated carbocycles. The lowest BCUT2D eigenvalue weighted by atomic mass is 9.83. The third-order valence-corrected chi connectivity index (χ3v) is 10.0. The smallest absolute Gasteiger partial charge is 0.343 e. The van der Waals surface area contributed by atoms with Crippen molar-refractivity contribution in [3.63, 3.8) is 0 Å². The number of benzene rings is 5. The minimum Gasteiger partial charge on any atom is -0.496 e. The fraction of sp³-hybridized carbons (Fsp3) is 0.103. The van der Waals surface area contributed by atoms with Crippen LogP contribution in [0.5, 0.6) is 11.5 Å². The number of methoxy groups -OCH3 is 1. The van der Waals surface area contributed by atoms with Crippen molar-refractivity contribution in [2.45, 2.75) is 18.9 Å². The Balaban J connectivity index is 1.32. The fourth-order valence-corrected chi connectivity index (χ4v) is 7.70. The summed E-state index contributed by atoms with van der Waals surface area (Å²) in [5.74, 6) is 0.260. The van der Waals surface area contributed by atoms with Crippen molar-refractivity contribution in [2.75, 3.05) is 7.11 Å². The molecule has 240 valence electrons. The Morgan fingerprint density at radius 2 is 1.67 bits per heavy atom. The summed E-state index contributed by atoms with van der Waals surface area (Å²) >= 11 is 1.28. The van der Waals surface area contributed by atoms with Gasteiger partial charge in [-0.1, -0.05) is 84.1 Å². The highest BCUT2D eigenvalue weighted by Gasteiger charge is 2.34. The highest BCUT2D eigenvalue weighted by atomic mass is 32.1. The zero-order valence-corrected chi connectivity index (χ0v) is 27.0. The maximum atomic E-state index is 14.6. The summed E-state index contributed by atoms with van der Waals surface area (Å²) in [5.41, 5.74) is 5.48. The number of aromatic nitrogens is 1. The Bertz CT molecular complexity index is 2550. The molecule has 1 aliphatic heterocycles. The molecule has 0 saturated heterocycles. The maximum absolute atomic E-state index is 14.6. The van der Waals surface area contributed by atoms with Crippen molar-refractivity contribution in [3.8, 4) is 11.5 Å². The van der Waals surface area contributed by atoms with E-state index in [4.69, 9.17) is 14.5 Å². The second kappa shape index (κ2) is 12.1. The van der Waals surface area contributed by atoms with Gasteiger partial charge in [-0.15, -0.1) is 0 Å². The summed E-state index contributed by atoms with van der Waals surface area (Å²) in [6.07, 6.45) is 3.34. The number of nitro benzene ring substituents is 1. The van der Waals surface area contributed by atoms with E-state index in [-0.39, 0.29) is 22.6 Å². The number of allylic oxidation sites excluding steroid dienone is 1. The van der Waals surface area contributed by atoms with Gasteiger partial charge in [0, 0.05) is 28.8 Å². The van der Waals surface area contributed by atoms with Crippen LogP contribution >= 0.6 is 11.3 Å². The van der Waals surface area contributed by atoms with E-state index in [1.807, 2.05) is 66.7 Å². The predicted octanol–water partition coefficient (Wildman–Crippen LogP) is 6.61. The number of para-hydroxylation sites is 1. The quantitative estimate of drug-likeness (QED) is 0.0857. The molecule has 0 fully saturated rings. The van der Waals surface area contributed by atoms with Gasteiger partial charge < -0.3 is 9.47 Å². The number of carbonyl (C=O) groups is 1. The normalized spacial score (nSPS) is 15.2. The molecule has 2 aliphatic rings. The molecule has 10 heteroatoms. The van der Waals surface area contributed by atoms with Crippen LogP contribution in [0.3, 0.4) is 0 Å². The number of hydrogen-bond acceptors (Lipinski definition) is 8. The standard InChI is InChI=1S/C39H27N3O6S/c1-47-32-13-7-6-12-29(32)36-30-20-16-24-9-3-5-11-28(24)35(30)40-39-41(36)37(43)34(49-39)22-31-27-10-4-2-8-23(27)17-21-33(31)48-38(44)25-14-18-26(19-15-25)42(45)46/h2-15,17-19,21-22,36H,16,20H2,1H3/b34-22+/t36-/m0/s1. The highest BCUT2D eigenvalue weighted by Crippen LogP contribution is 2.43. The Labute approximate surface area is 283 Å². The van der Waals surface area contributed by atoms with Crippen molar-refractivity contribution in [2.24, 2.45) is 4.99 Å². The third kappa shape index (κ3) is 5.22. The minimum absolute atomic E-state index is 0.130. The summed E-state index contributed by atoms with van der Waals surface area (Å²) < 4.78 is 13.9. The van der Waals surface area contributed by atoms with Crippen LogP contribution in [0.15, 0.2) is 125 Å². The number of rotatable bonds is 6. The van der Waals surface area contributed by atoms with Crippen LogP contribution in [-0.4, -0.2) is 22.6 Å². The number of thiazole rings is 1. The lowest BCUT2D eigenvalue weighted by molar-refractivity contribution is -0.384. The molecule has 1 atom stereocenters. The third-order valence-electron chi connectivity index (χ3n) is 9.03. The van der Waals surface area contributed by atoms with E-state index in [1.165, 1.54) is 41.2 Å². The largest absolute Gasteiger partial charge is 0.496 e. The molecule has 0 bridgehead atoms. The van der Waals surface area contributed by atoms with Gasteiger partial charge in [0.05, 0.1) is 33.9 Å². The van der Waals surface area contributed by atoms with Gasteiger partial charge in [0.2, 0.25) is 0 Å². The van der Waals surface area contributed by atoms with Crippen molar-refractivity contribution in [3.05, 3.63) is 172 Å². The molecule has 0 spiro atoms. The van der Waals surface area contributed by atoms with E-state index in [9.17, 15) is 19.7 Å². The predicted molar refractivity (Wildman–Crippen MR) is 188 cm³/mol. The van der Waals surface area contributed by atoms with Crippen LogP contribution < -0.4 is 24.4 Å². The van der Waals surface area contributed by atoms with Gasteiger partial charge in [0.1, 0.15) is 11.5 Å². The van der Waals surface area contributed by atoms with Gasteiger partial charge in [-0.05, 0) is 65.1 Å². The average Bonchev–Trinajstić information content (AvgIpc) is 3.45. The first kappa shape index (κ1) is 30.2.